The van der Waals surface area contributed by atoms with Gasteiger partial charge < -0.3 is 5.73 Å². The fraction of sp³-hybridized carbons (Fsp3) is 0.111. The van der Waals surface area contributed by atoms with E-state index in [4.69, 9.17) is 5.73 Å². The molecule has 0 aliphatic carbocycles. The van der Waals surface area contributed by atoms with Crippen molar-refractivity contribution in [2.75, 3.05) is 0 Å². The summed E-state index contributed by atoms with van der Waals surface area (Å²) in [6.07, 6.45) is 1.40. The van der Waals surface area contributed by atoms with E-state index < -0.39 is 6.03 Å². The highest BCUT2D eigenvalue weighted by atomic mass is 19.1. The Hall–Kier alpha value is -1.91. The van der Waals surface area contributed by atoms with Crippen molar-refractivity contribution in [1.82, 2.24) is 5.43 Å². The van der Waals surface area contributed by atoms with Crippen molar-refractivity contribution in [2.45, 2.75) is 6.92 Å². The summed E-state index contributed by atoms with van der Waals surface area (Å²) < 4.78 is 12.7. The van der Waals surface area contributed by atoms with Gasteiger partial charge in [0.2, 0.25) is 0 Å². The van der Waals surface area contributed by atoms with Crippen molar-refractivity contribution in [2.24, 2.45) is 10.8 Å². The molecule has 1 rings (SSSR count). The van der Waals surface area contributed by atoms with Gasteiger partial charge in [0.15, 0.2) is 0 Å². The number of urea groups is 1. The first-order valence-electron chi connectivity index (χ1n) is 3.94. The van der Waals surface area contributed by atoms with E-state index in [1.165, 1.54) is 18.3 Å². The Kier molecular flexibility index (Phi) is 3.17. The van der Waals surface area contributed by atoms with Crippen LogP contribution in [0.1, 0.15) is 11.1 Å². The van der Waals surface area contributed by atoms with Gasteiger partial charge in [-0.3, -0.25) is 0 Å². The molecule has 1 aromatic rings. The van der Waals surface area contributed by atoms with Crippen LogP contribution in [0.2, 0.25) is 0 Å². The lowest BCUT2D eigenvalue weighted by Gasteiger charge is -1.98. The maximum Gasteiger partial charge on any atom is 0.332 e. The van der Waals surface area contributed by atoms with E-state index in [1.54, 1.807) is 13.0 Å². The predicted octanol–water partition coefficient (Wildman–Crippen LogP) is 1.14. The third-order valence-corrected chi connectivity index (χ3v) is 1.61. The van der Waals surface area contributed by atoms with Crippen LogP contribution in [-0.2, 0) is 0 Å². The van der Waals surface area contributed by atoms with E-state index in [0.29, 0.717) is 0 Å². The first-order valence-corrected chi connectivity index (χ1v) is 3.94. The number of aryl methyl sites for hydroxylation is 1. The molecule has 0 aromatic heterocycles. The van der Waals surface area contributed by atoms with E-state index in [1.807, 2.05) is 0 Å². The Labute approximate surface area is 80.6 Å². The number of primary amides is 1. The largest absolute Gasteiger partial charge is 0.350 e. The average Bonchev–Trinajstić information content (AvgIpc) is 2.08. The maximum absolute atomic E-state index is 12.7. The molecule has 0 bridgehead atoms. The minimum Gasteiger partial charge on any atom is -0.350 e. The van der Waals surface area contributed by atoms with E-state index in [-0.39, 0.29) is 5.82 Å². The Morgan fingerprint density at radius 1 is 1.64 bits per heavy atom. The zero-order valence-electron chi connectivity index (χ0n) is 7.62. The van der Waals surface area contributed by atoms with Crippen molar-refractivity contribution in [1.29, 1.82) is 0 Å². The number of carbonyl (C=O) groups excluding carboxylic acids is 1. The molecule has 2 amide bonds. The molecule has 0 spiro atoms. The molecule has 5 heteroatoms. The number of carbonyl (C=O) groups is 1. The molecule has 0 heterocycles. The third kappa shape index (κ3) is 2.85. The number of halogens is 1. The number of hydrogen-bond acceptors (Lipinski definition) is 2. The van der Waals surface area contributed by atoms with Crippen LogP contribution in [0.15, 0.2) is 23.3 Å². The van der Waals surface area contributed by atoms with Gasteiger partial charge in [0.05, 0.1) is 6.21 Å². The van der Waals surface area contributed by atoms with Gasteiger partial charge in [0.1, 0.15) is 5.82 Å². The Morgan fingerprint density at radius 2 is 2.36 bits per heavy atom. The van der Waals surface area contributed by atoms with Crippen LogP contribution >= 0.6 is 0 Å². The summed E-state index contributed by atoms with van der Waals surface area (Å²) in [6.45, 7) is 1.74. The van der Waals surface area contributed by atoms with Crippen LogP contribution in [0, 0.1) is 12.7 Å². The first-order chi connectivity index (χ1) is 6.59. The monoisotopic (exact) mass is 195 g/mol. The molecule has 3 N–H and O–H groups in total. The van der Waals surface area contributed by atoms with Crippen LogP contribution in [0.25, 0.3) is 0 Å². The molecule has 0 atom stereocenters. The Morgan fingerprint density at radius 3 is 2.93 bits per heavy atom. The van der Waals surface area contributed by atoms with Crippen molar-refractivity contribution in [3.05, 3.63) is 35.1 Å². The summed E-state index contributed by atoms with van der Waals surface area (Å²) in [4.78, 5) is 10.3. The van der Waals surface area contributed by atoms with E-state index in [0.717, 1.165) is 11.1 Å². The molecule has 74 valence electrons. The number of nitrogens with two attached hydrogens (primary N) is 1. The summed E-state index contributed by atoms with van der Waals surface area (Å²) in [7, 11) is 0. The van der Waals surface area contributed by atoms with Crippen LogP contribution in [0.3, 0.4) is 0 Å². The Balaban J connectivity index is 2.76. The summed E-state index contributed by atoms with van der Waals surface area (Å²) >= 11 is 0. The fourth-order valence-corrected chi connectivity index (χ4v) is 0.949. The van der Waals surface area contributed by atoms with E-state index in [9.17, 15) is 9.18 Å². The lowest BCUT2D eigenvalue weighted by Crippen LogP contribution is -2.24. The highest BCUT2D eigenvalue weighted by Crippen LogP contribution is 2.07. The SMILES string of the molecule is Cc1cc(F)ccc1/C=N/NC(N)=O. The number of hydrazone groups is 1. The third-order valence-electron chi connectivity index (χ3n) is 1.61. The number of rotatable bonds is 2. The smallest absolute Gasteiger partial charge is 0.332 e. The molecule has 0 unspecified atom stereocenters. The van der Waals surface area contributed by atoms with E-state index in [2.05, 4.69) is 10.5 Å². The minimum atomic E-state index is -0.735. The molecule has 0 aliphatic rings. The Bertz CT molecular complexity index is 376. The molecule has 0 radical (unpaired) electrons. The molecule has 14 heavy (non-hydrogen) atoms. The molecule has 4 nitrogen and oxygen atoms in total. The van der Waals surface area contributed by atoms with Gasteiger partial charge in [-0.1, -0.05) is 6.07 Å². The highest BCUT2D eigenvalue weighted by molar-refractivity contribution is 5.83. The lowest BCUT2D eigenvalue weighted by atomic mass is 10.1. The molecule has 0 aliphatic heterocycles. The molecular weight excluding hydrogens is 185 g/mol. The molecular formula is C9H10FN3O. The van der Waals surface area contributed by atoms with Gasteiger partial charge in [-0.2, -0.15) is 5.10 Å². The van der Waals surface area contributed by atoms with Crippen molar-refractivity contribution in [3.63, 3.8) is 0 Å². The minimum absolute atomic E-state index is 0.303. The second kappa shape index (κ2) is 4.36. The van der Waals surface area contributed by atoms with Crippen LogP contribution in [0.4, 0.5) is 9.18 Å². The van der Waals surface area contributed by atoms with Crippen LogP contribution < -0.4 is 11.2 Å². The van der Waals surface area contributed by atoms with Gasteiger partial charge in [-0.05, 0) is 30.2 Å². The standard InChI is InChI=1S/C9H10FN3O/c1-6-4-8(10)3-2-7(6)5-12-13-9(11)14/h2-5H,1H3,(H3,11,13,14)/b12-5+. The van der Waals surface area contributed by atoms with Crippen molar-refractivity contribution < 1.29 is 9.18 Å². The normalized spacial score (nSPS) is 10.4. The molecule has 0 fully saturated rings. The number of nitrogens with zero attached hydrogens (tertiary/aromatic N) is 1. The van der Waals surface area contributed by atoms with E-state index >= 15 is 0 Å². The summed E-state index contributed by atoms with van der Waals surface area (Å²) in [5.74, 6) is -0.303. The van der Waals surface area contributed by atoms with Crippen molar-refractivity contribution >= 4 is 12.2 Å². The highest BCUT2D eigenvalue weighted by Gasteiger charge is 1.96. The van der Waals surface area contributed by atoms with Gasteiger partial charge in [-0.25, -0.2) is 14.6 Å². The van der Waals surface area contributed by atoms with Gasteiger partial charge in [-0.15, -0.1) is 0 Å². The molecule has 0 saturated heterocycles. The van der Waals surface area contributed by atoms with Crippen LogP contribution in [-0.4, -0.2) is 12.2 Å². The summed E-state index contributed by atoms with van der Waals surface area (Å²) in [5, 5.41) is 3.56. The van der Waals surface area contributed by atoms with Crippen LogP contribution in [0.5, 0.6) is 0 Å². The number of amides is 2. The lowest BCUT2D eigenvalue weighted by molar-refractivity contribution is 0.249. The fourth-order valence-electron chi connectivity index (χ4n) is 0.949. The topological polar surface area (TPSA) is 67.5 Å². The quantitative estimate of drug-likeness (QED) is 0.539. The average molecular weight is 195 g/mol. The molecule has 1 aromatic carbocycles. The maximum atomic E-state index is 12.7. The second-order valence-corrected chi connectivity index (χ2v) is 2.74. The van der Waals surface area contributed by atoms with Crippen molar-refractivity contribution in [3.8, 4) is 0 Å². The molecule has 0 saturated carbocycles. The van der Waals surface area contributed by atoms with Gasteiger partial charge in [0.25, 0.3) is 0 Å². The summed E-state index contributed by atoms with van der Waals surface area (Å²) in [5.41, 5.74) is 8.30. The zero-order valence-corrected chi connectivity index (χ0v) is 7.62. The van der Waals surface area contributed by atoms with Gasteiger partial charge >= 0.3 is 6.03 Å². The number of benzene rings is 1. The zero-order chi connectivity index (χ0) is 10.6. The second-order valence-electron chi connectivity index (χ2n) is 2.74. The number of nitrogens with one attached hydrogen (secondary N) is 1. The first kappa shape index (κ1) is 10.2. The number of hydrogen-bond donors (Lipinski definition) is 2. The van der Waals surface area contributed by atoms with Gasteiger partial charge in [0, 0.05) is 0 Å². The predicted molar refractivity (Wildman–Crippen MR) is 51.5 cm³/mol. The summed E-state index contributed by atoms with van der Waals surface area (Å²) in [6, 6.07) is 3.53.